The minimum absolute atomic E-state index is 0.0207. The fraction of sp³-hybridized carbons (Fsp3) is 0.400. The molecule has 1 amide bonds. The van der Waals surface area contributed by atoms with Crippen LogP contribution >= 0.6 is 11.3 Å². The third kappa shape index (κ3) is 4.66. The molecule has 1 atom stereocenters. The van der Waals surface area contributed by atoms with E-state index in [1.807, 2.05) is 0 Å². The van der Waals surface area contributed by atoms with Crippen molar-refractivity contribution >= 4 is 33.9 Å². The van der Waals surface area contributed by atoms with Gasteiger partial charge < -0.3 is 15.4 Å². The van der Waals surface area contributed by atoms with Crippen LogP contribution in [0.25, 0.3) is 0 Å². The molecule has 1 aliphatic rings. The average Bonchev–Trinajstić information content (AvgIpc) is 2.98. The summed E-state index contributed by atoms with van der Waals surface area (Å²) in [4.78, 5) is 26.0. The molecule has 3 rings (SSSR count). The van der Waals surface area contributed by atoms with Crippen molar-refractivity contribution in [2.45, 2.75) is 33.1 Å². The van der Waals surface area contributed by atoms with E-state index in [-0.39, 0.29) is 24.2 Å². The standard InChI is InChI=1S/C20H23FN2O3S/c1-3-26-20(25)18-15-9-4-12(2)10-16(15)27-19(18)23-17(24)11-22-14-7-5-13(21)6-8-14/h5-8,12,22H,3-4,9-11H2,1-2H3,(H,23,24). The Morgan fingerprint density at radius 3 is 2.74 bits per heavy atom. The summed E-state index contributed by atoms with van der Waals surface area (Å²) in [6.45, 7) is 4.27. The lowest BCUT2D eigenvalue weighted by molar-refractivity contribution is -0.114. The van der Waals surface area contributed by atoms with E-state index in [2.05, 4.69) is 17.6 Å². The third-order valence-corrected chi connectivity index (χ3v) is 5.71. The number of hydrogen-bond donors (Lipinski definition) is 2. The monoisotopic (exact) mass is 390 g/mol. The largest absolute Gasteiger partial charge is 0.462 e. The number of carbonyl (C=O) groups excluding carboxylic acids is 2. The second-order valence-electron chi connectivity index (χ2n) is 6.68. The first-order valence-electron chi connectivity index (χ1n) is 9.08. The fourth-order valence-electron chi connectivity index (χ4n) is 3.18. The predicted molar refractivity (Wildman–Crippen MR) is 105 cm³/mol. The Labute approximate surface area is 161 Å². The van der Waals surface area contributed by atoms with Gasteiger partial charge in [0.05, 0.1) is 18.7 Å². The van der Waals surface area contributed by atoms with E-state index in [1.54, 1.807) is 19.1 Å². The molecule has 1 aromatic carbocycles. The maximum atomic E-state index is 12.9. The van der Waals surface area contributed by atoms with Crippen LogP contribution in [0.1, 0.15) is 41.1 Å². The van der Waals surface area contributed by atoms with Crippen LogP contribution in [0, 0.1) is 11.7 Å². The highest BCUT2D eigenvalue weighted by atomic mass is 32.1. The number of anilines is 2. The van der Waals surface area contributed by atoms with Crippen molar-refractivity contribution in [1.82, 2.24) is 0 Å². The summed E-state index contributed by atoms with van der Waals surface area (Å²) < 4.78 is 18.2. The molecule has 2 N–H and O–H groups in total. The Balaban J connectivity index is 1.73. The molecule has 27 heavy (non-hydrogen) atoms. The Bertz CT molecular complexity index is 832. The van der Waals surface area contributed by atoms with Crippen molar-refractivity contribution in [3.05, 3.63) is 46.1 Å². The Morgan fingerprint density at radius 1 is 1.30 bits per heavy atom. The number of halogens is 1. The van der Waals surface area contributed by atoms with Crippen LogP contribution in [-0.4, -0.2) is 25.0 Å². The predicted octanol–water partition coefficient (Wildman–Crippen LogP) is 4.24. The molecule has 1 aromatic heterocycles. The van der Waals surface area contributed by atoms with Crippen molar-refractivity contribution in [1.29, 1.82) is 0 Å². The molecule has 7 heteroatoms. The number of benzene rings is 1. The topological polar surface area (TPSA) is 67.4 Å². The van der Waals surface area contributed by atoms with E-state index in [0.717, 1.165) is 29.7 Å². The highest BCUT2D eigenvalue weighted by molar-refractivity contribution is 7.17. The number of nitrogens with one attached hydrogen (secondary N) is 2. The van der Waals surface area contributed by atoms with Crippen molar-refractivity contribution < 1.29 is 18.7 Å². The maximum absolute atomic E-state index is 12.9. The fourth-order valence-corrected chi connectivity index (χ4v) is 4.59. The lowest BCUT2D eigenvalue weighted by atomic mass is 9.88. The van der Waals surface area contributed by atoms with Crippen LogP contribution in [0.4, 0.5) is 15.1 Å². The van der Waals surface area contributed by atoms with E-state index in [4.69, 9.17) is 4.74 Å². The summed E-state index contributed by atoms with van der Waals surface area (Å²) in [5.41, 5.74) is 2.16. The summed E-state index contributed by atoms with van der Waals surface area (Å²) in [5.74, 6) is -0.416. The van der Waals surface area contributed by atoms with Gasteiger partial charge in [0.25, 0.3) is 0 Å². The molecular weight excluding hydrogens is 367 g/mol. The zero-order chi connectivity index (χ0) is 19.4. The summed E-state index contributed by atoms with van der Waals surface area (Å²) in [5, 5.41) is 6.34. The molecule has 5 nitrogen and oxygen atoms in total. The molecular formula is C20H23FN2O3S. The zero-order valence-electron chi connectivity index (χ0n) is 15.4. The van der Waals surface area contributed by atoms with Crippen LogP contribution in [0.15, 0.2) is 24.3 Å². The highest BCUT2D eigenvalue weighted by Crippen LogP contribution is 2.40. The first-order chi connectivity index (χ1) is 13.0. The van der Waals surface area contributed by atoms with Gasteiger partial charge in [-0.1, -0.05) is 6.92 Å². The molecule has 144 valence electrons. The minimum atomic E-state index is -0.383. The van der Waals surface area contributed by atoms with Gasteiger partial charge in [0, 0.05) is 10.6 Å². The van der Waals surface area contributed by atoms with Gasteiger partial charge in [0.2, 0.25) is 5.91 Å². The molecule has 0 fully saturated rings. The van der Waals surface area contributed by atoms with E-state index in [0.29, 0.717) is 28.8 Å². The molecule has 1 heterocycles. The third-order valence-electron chi connectivity index (χ3n) is 4.54. The van der Waals surface area contributed by atoms with Crippen LogP contribution in [-0.2, 0) is 22.4 Å². The molecule has 0 bridgehead atoms. The minimum Gasteiger partial charge on any atom is -0.462 e. The number of esters is 1. The normalized spacial score (nSPS) is 15.7. The molecule has 0 saturated heterocycles. The van der Waals surface area contributed by atoms with Gasteiger partial charge in [-0.3, -0.25) is 4.79 Å². The van der Waals surface area contributed by atoms with E-state index >= 15 is 0 Å². The van der Waals surface area contributed by atoms with Gasteiger partial charge in [-0.25, -0.2) is 9.18 Å². The highest BCUT2D eigenvalue weighted by Gasteiger charge is 2.29. The smallest absolute Gasteiger partial charge is 0.341 e. The Morgan fingerprint density at radius 2 is 2.04 bits per heavy atom. The van der Waals surface area contributed by atoms with Gasteiger partial charge in [-0.05, 0) is 61.9 Å². The summed E-state index contributed by atoms with van der Waals surface area (Å²) in [6.07, 6.45) is 2.76. The second kappa shape index (κ2) is 8.52. The lowest BCUT2D eigenvalue weighted by Gasteiger charge is -2.18. The van der Waals surface area contributed by atoms with Crippen LogP contribution < -0.4 is 10.6 Å². The van der Waals surface area contributed by atoms with Crippen LogP contribution in [0.5, 0.6) is 0 Å². The number of ether oxygens (including phenoxy) is 1. The van der Waals surface area contributed by atoms with E-state index in [1.165, 1.54) is 23.5 Å². The van der Waals surface area contributed by atoms with Crippen molar-refractivity contribution in [2.24, 2.45) is 5.92 Å². The number of hydrogen-bond acceptors (Lipinski definition) is 5. The van der Waals surface area contributed by atoms with Crippen molar-refractivity contribution in [3.8, 4) is 0 Å². The van der Waals surface area contributed by atoms with Gasteiger partial charge >= 0.3 is 5.97 Å². The van der Waals surface area contributed by atoms with Crippen LogP contribution in [0.2, 0.25) is 0 Å². The molecule has 0 saturated carbocycles. The van der Waals surface area contributed by atoms with Gasteiger partial charge in [-0.2, -0.15) is 0 Å². The molecule has 1 aliphatic carbocycles. The van der Waals surface area contributed by atoms with E-state index < -0.39 is 0 Å². The van der Waals surface area contributed by atoms with Crippen LogP contribution in [0.3, 0.4) is 0 Å². The first-order valence-corrected chi connectivity index (χ1v) is 9.90. The van der Waals surface area contributed by atoms with Gasteiger partial charge in [0.1, 0.15) is 10.8 Å². The maximum Gasteiger partial charge on any atom is 0.341 e. The van der Waals surface area contributed by atoms with Gasteiger partial charge in [0.15, 0.2) is 0 Å². The zero-order valence-corrected chi connectivity index (χ0v) is 16.2. The SMILES string of the molecule is CCOC(=O)c1c(NC(=O)CNc2ccc(F)cc2)sc2c1CCC(C)C2. The summed E-state index contributed by atoms with van der Waals surface area (Å²) >= 11 is 1.46. The average molecular weight is 390 g/mol. The number of rotatable bonds is 6. The molecule has 0 radical (unpaired) electrons. The first kappa shape index (κ1) is 19.4. The molecule has 0 aliphatic heterocycles. The number of fused-ring (bicyclic) bond motifs is 1. The number of amides is 1. The quantitative estimate of drug-likeness (QED) is 0.724. The summed E-state index contributed by atoms with van der Waals surface area (Å²) in [7, 11) is 0. The Hall–Kier alpha value is -2.41. The van der Waals surface area contributed by atoms with Crippen molar-refractivity contribution in [2.75, 3.05) is 23.8 Å². The second-order valence-corrected chi connectivity index (χ2v) is 7.79. The number of thiophene rings is 1. The Kier molecular flexibility index (Phi) is 6.11. The molecule has 1 unspecified atom stereocenters. The molecule has 2 aromatic rings. The number of carbonyl (C=O) groups is 2. The van der Waals surface area contributed by atoms with E-state index in [9.17, 15) is 14.0 Å². The summed E-state index contributed by atoms with van der Waals surface area (Å²) in [6, 6.07) is 5.79. The van der Waals surface area contributed by atoms with Gasteiger partial charge in [-0.15, -0.1) is 11.3 Å². The van der Waals surface area contributed by atoms with Crippen molar-refractivity contribution in [3.63, 3.8) is 0 Å². The lowest BCUT2D eigenvalue weighted by Crippen LogP contribution is -2.22. The molecule has 0 spiro atoms.